The van der Waals surface area contributed by atoms with Crippen molar-refractivity contribution in [2.75, 3.05) is 19.0 Å². The molecule has 0 radical (unpaired) electrons. The van der Waals surface area contributed by atoms with Crippen LogP contribution in [0.3, 0.4) is 0 Å². The summed E-state index contributed by atoms with van der Waals surface area (Å²) < 4.78 is 18.3. The number of nitrogens with zero attached hydrogens (tertiary/aromatic N) is 1. The summed E-state index contributed by atoms with van der Waals surface area (Å²) in [5.74, 6) is -0.531. The van der Waals surface area contributed by atoms with Gasteiger partial charge in [-0.15, -0.1) is 0 Å². The molecule has 2 aromatic rings. The van der Waals surface area contributed by atoms with Crippen LogP contribution in [0.2, 0.25) is 0 Å². The molecule has 2 rings (SSSR count). The van der Waals surface area contributed by atoms with E-state index in [1.165, 1.54) is 6.07 Å². The van der Waals surface area contributed by atoms with E-state index in [2.05, 4.69) is 10.6 Å². The van der Waals surface area contributed by atoms with Crippen LogP contribution in [-0.2, 0) is 11.3 Å². The maximum Gasteiger partial charge on any atom is 0.306 e. The Labute approximate surface area is 137 Å². The van der Waals surface area contributed by atoms with E-state index >= 15 is 0 Å². The smallest absolute Gasteiger partial charge is 0.306 e. The zero-order valence-corrected chi connectivity index (χ0v) is 12.9. The minimum Gasteiger partial charge on any atom is -0.497 e. The Balaban J connectivity index is 1.87. The SMILES string of the molecule is COc1cccc(CNC(=O)CNc2ccc(F)c([N+](=O)[O-])c2)c1. The molecule has 0 aliphatic carbocycles. The van der Waals surface area contributed by atoms with Gasteiger partial charge in [0.15, 0.2) is 0 Å². The van der Waals surface area contributed by atoms with Gasteiger partial charge in [0.1, 0.15) is 5.75 Å². The monoisotopic (exact) mass is 333 g/mol. The highest BCUT2D eigenvalue weighted by Gasteiger charge is 2.14. The largest absolute Gasteiger partial charge is 0.497 e. The standard InChI is InChI=1S/C16H16FN3O4/c1-24-13-4-2-3-11(7-13)9-19-16(21)10-18-12-5-6-14(17)15(8-12)20(22)23/h2-8,18H,9-10H2,1H3,(H,19,21). The minimum absolute atomic E-state index is 0.0905. The van der Waals surface area contributed by atoms with Gasteiger partial charge in [-0.05, 0) is 29.8 Å². The highest BCUT2D eigenvalue weighted by molar-refractivity contribution is 5.80. The number of hydrogen-bond acceptors (Lipinski definition) is 5. The van der Waals surface area contributed by atoms with Crippen LogP contribution in [0.25, 0.3) is 0 Å². The quantitative estimate of drug-likeness (QED) is 0.600. The van der Waals surface area contributed by atoms with Crippen molar-refractivity contribution in [3.8, 4) is 5.75 Å². The van der Waals surface area contributed by atoms with Gasteiger partial charge in [0.05, 0.1) is 18.6 Å². The van der Waals surface area contributed by atoms with E-state index in [9.17, 15) is 19.3 Å². The number of amides is 1. The number of nitro benzene ring substituents is 1. The number of benzene rings is 2. The highest BCUT2D eigenvalue weighted by Crippen LogP contribution is 2.21. The van der Waals surface area contributed by atoms with Crippen molar-refractivity contribution in [1.29, 1.82) is 0 Å². The minimum atomic E-state index is -0.923. The topological polar surface area (TPSA) is 93.5 Å². The van der Waals surface area contributed by atoms with Gasteiger partial charge in [-0.25, -0.2) is 0 Å². The molecule has 0 spiro atoms. The lowest BCUT2D eigenvalue weighted by Crippen LogP contribution is -2.29. The van der Waals surface area contributed by atoms with Gasteiger partial charge in [0.25, 0.3) is 0 Å². The van der Waals surface area contributed by atoms with Gasteiger partial charge < -0.3 is 15.4 Å². The van der Waals surface area contributed by atoms with Gasteiger partial charge >= 0.3 is 5.69 Å². The first-order valence-corrected chi connectivity index (χ1v) is 7.07. The third kappa shape index (κ3) is 4.67. The van der Waals surface area contributed by atoms with Crippen molar-refractivity contribution in [3.63, 3.8) is 0 Å². The summed E-state index contributed by atoms with van der Waals surface area (Å²) in [6, 6.07) is 10.6. The first-order chi connectivity index (χ1) is 11.5. The fourth-order valence-corrected chi connectivity index (χ4v) is 1.99. The molecule has 0 bridgehead atoms. The van der Waals surface area contributed by atoms with Crippen LogP contribution < -0.4 is 15.4 Å². The molecule has 2 aromatic carbocycles. The Bertz CT molecular complexity index is 752. The molecule has 0 unspecified atom stereocenters. The Morgan fingerprint density at radius 3 is 2.79 bits per heavy atom. The predicted octanol–water partition coefficient (Wildman–Crippen LogP) is 2.47. The number of ether oxygens (including phenoxy) is 1. The summed E-state index contributed by atoms with van der Waals surface area (Å²) in [7, 11) is 1.56. The molecule has 7 nitrogen and oxygen atoms in total. The van der Waals surface area contributed by atoms with E-state index < -0.39 is 16.4 Å². The van der Waals surface area contributed by atoms with E-state index in [1.54, 1.807) is 19.2 Å². The molecular weight excluding hydrogens is 317 g/mol. The molecule has 1 amide bonds. The van der Waals surface area contributed by atoms with Crippen LogP contribution in [0.15, 0.2) is 42.5 Å². The number of nitrogens with one attached hydrogen (secondary N) is 2. The number of halogens is 1. The van der Waals surface area contributed by atoms with E-state index in [-0.39, 0.29) is 12.5 Å². The molecule has 0 aromatic heterocycles. The Morgan fingerprint density at radius 1 is 1.29 bits per heavy atom. The molecule has 0 saturated carbocycles. The maximum absolute atomic E-state index is 13.2. The van der Waals surface area contributed by atoms with E-state index in [0.29, 0.717) is 18.0 Å². The summed E-state index contributed by atoms with van der Waals surface area (Å²) in [5.41, 5.74) is 0.525. The lowest BCUT2D eigenvalue weighted by Gasteiger charge is -2.09. The van der Waals surface area contributed by atoms with Crippen LogP contribution in [0.4, 0.5) is 15.8 Å². The number of rotatable bonds is 7. The Morgan fingerprint density at radius 2 is 2.08 bits per heavy atom. The van der Waals surface area contributed by atoms with Gasteiger partial charge in [0.2, 0.25) is 11.7 Å². The number of anilines is 1. The molecule has 126 valence electrons. The molecule has 0 heterocycles. The molecule has 24 heavy (non-hydrogen) atoms. The third-order valence-corrected chi connectivity index (χ3v) is 3.22. The Kier molecular flexibility index (Phi) is 5.67. The van der Waals surface area contributed by atoms with Crippen molar-refractivity contribution in [2.24, 2.45) is 0 Å². The molecule has 8 heteroatoms. The predicted molar refractivity (Wildman–Crippen MR) is 86.4 cm³/mol. The molecule has 0 fully saturated rings. The van der Waals surface area contributed by atoms with Crippen molar-refractivity contribution in [3.05, 3.63) is 64.0 Å². The molecule has 0 saturated heterocycles. The highest BCUT2D eigenvalue weighted by atomic mass is 19.1. The normalized spacial score (nSPS) is 10.1. The van der Waals surface area contributed by atoms with Crippen LogP contribution >= 0.6 is 0 Å². The van der Waals surface area contributed by atoms with Crippen molar-refractivity contribution in [2.45, 2.75) is 6.54 Å². The van der Waals surface area contributed by atoms with E-state index in [1.807, 2.05) is 12.1 Å². The second-order valence-corrected chi connectivity index (χ2v) is 4.91. The van der Waals surface area contributed by atoms with Crippen LogP contribution in [0.1, 0.15) is 5.56 Å². The zero-order chi connectivity index (χ0) is 17.5. The molecular formula is C16H16FN3O4. The number of nitro groups is 1. The molecule has 0 atom stereocenters. The zero-order valence-electron chi connectivity index (χ0n) is 12.9. The summed E-state index contributed by atoms with van der Waals surface area (Å²) >= 11 is 0. The summed E-state index contributed by atoms with van der Waals surface area (Å²) in [6.07, 6.45) is 0. The Hall–Kier alpha value is -3.16. The van der Waals surface area contributed by atoms with Crippen LogP contribution in [-0.4, -0.2) is 24.5 Å². The van der Waals surface area contributed by atoms with Crippen LogP contribution in [0.5, 0.6) is 5.75 Å². The summed E-state index contributed by atoms with van der Waals surface area (Å²) in [4.78, 5) is 21.7. The second kappa shape index (κ2) is 7.91. The first-order valence-electron chi connectivity index (χ1n) is 7.07. The van der Waals surface area contributed by atoms with Gasteiger partial charge in [-0.3, -0.25) is 14.9 Å². The van der Waals surface area contributed by atoms with E-state index in [4.69, 9.17) is 4.74 Å². The average Bonchev–Trinajstić information content (AvgIpc) is 2.59. The fraction of sp³-hybridized carbons (Fsp3) is 0.188. The average molecular weight is 333 g/mol. The second-order valence-electron chi connectivity index (χ2n) is 4.91. The van der Waals surface area contributed by atoms with E-state index in [0.717, 1.165) is 17.7 Å². The van der Waals surface area contributed by atoms with Crippen molar-refractivity contribution >= 4 is 17.3 Å². The van der Waals surface area contributed by atoms with Crippen molar-refractivity contribution in [1.82, 2.24) is 5.32 Å². The van der Waals surface area contributed by atoms with Crippen LogP contribution in [0, 0.1) is 15.9 Å². The first kappa shape index (κ1) is 17.2. The van der Waals surface area contributed by atoms with Crippen molar-refractivity contribution < 1.29 is 18.8 Å². The van der Waals surface area contributed by atoms with Gasteiger partial charge in [-0.1, -0.05) is 12.1 Å². The number of hydrogen-bond donors (Lipinski definition) is 2. The van der Waals surface area contributed by atoms with Gasteiger partial charge in [0, 0.05) is 18.3 Å². The molecule has 2 N–H and O–H groups in total. The number of methoxy groups -OCH3 is 1. The number of carbonyl (C=O) groups is 1. The lowest BCUT2D eigenvalue weighted by atomic mass is 10.2. The third-order valence-electron chi connectivity index (χ3n) is 3.22. The summed E-state index contributed by atoms with van der Waals surface area (Å²) in [6.45, 7) is 0.230. The number of carbonyl (C=O) groups excluding carboxylic acids is 1. The fourth-order valence-electron chi connectivity index (χ4n) is 1.99. The molecule has 0 aliphatic rings. The lowest BCUT2D eigenvalue weighted by molar-refractivity contribution is -0.387. The maximum atomic E-state index is 13.2. The molecule has 0 aliphatic heterocycles. The van der Waals surface area contributed by atoms with Gasteiger partial charge in [-0.2, -0.15) is 4.39 Å². The summed E-state index contributed by atoms with van der Waals surface area (Å²) in [5, 5.41) is 16.1.